The Balaban J connectivity index is 2.21. The van der Waals surface area contributed by atoms with Crippen molar-refractivity contribution in [3.05, 3.63) is 64.1 Å². The van der Waals surface area contributed by atoms with E-state index in [1.807, 2.05) is 48.5 Å². The first-order valence-electron chi connectivity index (χ1n) is 9.61. The van der Waals surface area contributed by atoms with E-state index in [1.54, 1.807) is 18.9 Å². The first kappa shape index (κ1) is 22.9. The molecule has 0 aliphatic heterocycles. The van der Waals surface area contributed by atoms with E-state index in [-0.39, 0.29) is 23.8 Å². The Morgan fingerprint density at radius 2 is 1.83 bits per heavy atom. The average Bonchev–Trinajstić information content (AvgIpc) is 2.68. The van der Waals surface area contributed by atoms with E-state index in [0.717, 1.165) is 15.6 Å². The van der Waals surface area contributed by atoms with Crippen molar-refractivity contribution in [3.63, 3.8) is 0 Å². The lowest BCUT2D eigenvalue weighted by Gasteiger charge is -2.29. The van der Waals surface area contributed by atoms with Gasteiger partial charge in [-0.25, -0.2) is 0 Å². The predicted octanol–water partition coefficient (Wildman–Crippen LogP) is 4.29. The molecule has 0 heterocycles. The van der Waals surface area contributed by atoms with Crippen molar-refractivity contribution in [3.8, 4) is 5.75 Å². The molecule has 1 N–H and O–H groups in total. The van der Waals surface area contributed by atoms with Crippen molar-refractivity contribution in [1.29, 1.82) is 0 Å². The molecule has 0 fully saturated rings. The molecule has 0 radical (unpaired) electrons. The molecule has 5 nitrogen and oxygen atoms in total. The Hall–Kier alpha value is -2.34. The number of halogens is 1. The van der Waals surface area contributed by atoms with Crippen LogP contribution in [0.4, 0.5) is 0 Å². The second-order valence-electron chi connectivity index (χ2n) is 7.98. The van der Waals surface area contributed by atoms with Gasteiger partial charge in [-0.1, -0.05) is 67.0 Å². The fraction of sp³-hybridized carbons (Fsp3) is 0.391. The average molecular weight is 461 g/mol. The van der Waals surface area contributed by atoms with Gasteiger partial charge in [0.2, 0.25) is 5.91 Å². The van der Waals surface area contributed by atoms with Crippen LogP contribution in [0.5, 0.6) is 5.75 Å². The van der Waals surface area contributed by atoms with Crippen LogP contribution in [0.1, 0.15) is 38.8 Å². The van der Waals surface area contributed by atoms with Crippen LogP contribution in [0.25, 0.3) is 0 Å². The maximum Gasteiger partial charge on any atom is 0.261 e. The van der Waals surface area contributed by atoms with E-state index < -0.39 is 6.04 Å². The molecule has 0 aromatic heterocycles. The zero-order valence-corrected chi connectivity index (χ0v) is 19.2. The minimum Gasteiger partial charge on any atom is -0.483 e. The van der Waals surface area contributed by atoms with Gasteiger partial charge in [-0.15, -0.1) is 0 Å². The lowest BCUT2D eigenvalue weighted by Crippen LogP contribution is -2.48. The Bertz CT molecular complexity index is 861. The molecular weight excluding hydrogens is 432 g/mol. The zero-order chi connectivity index (χ0) is 21.6. The molecule has 0 aliphatic carbocycles. The summed E-state index contributed by atoms with van der Waals surface area (Å²) in [5, 5.41) is 2.62. The summed E-state index contributed by atoms with van der Waals surface area (Å²) in [6, 6.07) is 14.8. The molecule has 156 valence electrons. The fourth-order valence-corrected chi connectivity index (χ4v) is 3.50. The number of hydrogen-bond donors (Lipinski definition) is 1. The van der Waals surface area contributed by atoms with Crippen molar-refractivity contribution in [1.82, 2.24) is 10.2 Å². The molecule has 0 unspecified atom stereocenters. The van der Waals surface area contributed by atoms with Crippen LogP contribution in [0.3, 0.4) is 0 Å². The van der Waals surface area contributed by atoms with Crippen LogP contribution < -0.4 is 10.1 Å². The minimum absolute atomic E-state index is 0.106. The lowest BCUT2D eigenvalue weighted by molar-refractivity contribution is -0.142. The lowest BCUT2D eigenvalue weighted by atomic mass is 9.86. The predicted molar refractivity (Wildman–Crippen MR) is 119 cm³/mol. The van der Waals surface area contributed by atoms with Gasteiger partial charge in [0, 0.05) is 18.1 Å². The maximum atomic E-state index is 13.0. The van der Waals surface area contributed by atoms with Gasteiger partial charge in [-0.3, -0.25) is 9.59 Å². The van der Waals surface area contributed by atoms with E-state index in [1.165, 1.54) is 0 Å². The van der Waals surface area contributed by atoms with Crippen LogP contribution >= 0.6 is 15.9 Å². The van der Waals surface area contributed by atoms with Gasteiger partial charge >= 0.3 is 0 Å². The Kier molecular flexibility index (Phi) is 7.85. The highest BCUT2D eigenvalue weighted by Crippen LogP contribution is 2.31. The summed E-state index contributed by atoms with van der Waals surface area (Å²) in [6.07, 6.45) is 0. The van der Waals surface area contributed by atoms with Crippen LogP contribution in [0.15, 0.2) is 53.0 Å². The zero-order valence-electron chi connectivity index (χ0n) is 17.7. The molecule has 0 aliphatic rings. The van der Waals surface area contributed by atoms with Gasteiger partial charge in [0.15, 0.2) is 6.61 Å². The van der Waals surface area contributed by atoms with Gasteiger partial charge in [-0.2, -0.15) is 0 Å². The molecule has 2 aromatic rings. The van der Waals surface area contributed by atoms with Crippen molar-refractivity contribution in [2.75, 3.05) is 13.7 Å². The number of likely N-dealkylation sites (N-methyl/N-ethyl adjacent to an activating group) is 1. The third-order valence-electron chi connectivity index (χ3n) is 4.70. The summed E-state index contributed by atoms with van der Waals surface area (Å²) in [7, 11) is 1.57. The normalized spacial score (nSPS) is 12.2. The number of carbonyl (C=O) groups is 2. The Labute approximate surface area is 181 Å². The second-order valence-corrected chi connectivity index (χ2v) is 8.89. The smallest absolute Gasteiger partial charge is 0.261 e. The SMILES string of the molecule is CNC(=O)[C@@H](C)N(Cc1cccc(Br)c1)C(=O)COc1ccccc1C(C)(C)C. The van der Waals surface area contributed by atoms with E-state index in [4.69, 9.17) is 4.74 Å². The van der Waals surface area contributed by atoms with E-state index >= 15 is 0 Å². The first-order valence-corrected chi connectivity index (χ1v) is 10.4. The summed E-state index contributed by atoms with van der Waals surface area (Å²) >= 11 is 3.45. The van der Waals surface area contributed by atoms with Crippen LogP contribution in [-0.2, 0) is 21.5 Å². The number of nitrogens with one attached hydrogen (secondary N) is 1. The summed E-state index contributed by atoms with van der Waals surface area (Å²) in [5.74, 6) is 0.219. The molecule has 2 amide bonds. The van der Waals surface area contributed by atoms with Crippen molar-refractivity contribution in [2.24, 2.45) is 0 Å². The minimum atomic E-state index is -0.618. The van der Waals surface area contributed by atoms with E-state index in [2.05, 4.69) is 42.0 Å². The molecule has 0 spiro atoms. The van der Waals surface area contributed by atoms with Crippen molar-refractivity contribution < 1.29 is 14.3 Å². The molecule has 0 saturated carbocycles. The molecule has 29 heavy (non-hydrogen) atoms. The fourth-order valence-electron chi connectivity index (χ4n) is 3.06. The summed E-state index contributed by atoms with van der Waals surface area (Å²) < 4.78 is 6.82. The van der Waals surface area contributed by atoms with Gasteiger partial charge in [0.1, 0.15) is 11.8 Å². The summed E-state index contributed by atoms with van der Waals surface area (Å²) in [6.45, 7) is 8.20. The highest BCUT2D eigenvalue weighted by atomic mass is 79.9. The number of rotatable bonds is 7. The number of nitrogens with zero attached hydrogens (tertiary/aromatic N) is 1. The second kappa shape index (κ2) is 9.92. The number of ether oxygens (including phenoxy) is 1. The van der Waals surface area contributed by atoms with Crippen LogP contribution in [-0.4, -0.2) is 36.4 Å². The number of hydrogen-bond acceptors (Lipinski definition) is 3. The highest BCUT2D eigenvalue weighted by Gasteiger charge is 2.26. The number of para-hydroxylation sites is 1. The molecule has 1 atom stereocenters. The van der Waals surface area contributed by atoms with Gasteiger partial charge < -0.3 is 15.0 Å². The molecule has 2 rings (SSSR count). The summed E-state index contributed by atoms with van der Waals surface area (Å²) in [4.78, 5) is 26.8. The quantitative estimate of drug-likeness (QED) is 0.670. The van der Waals surface area contributed by atoms with E-state index in [9.17, 15) is 9.59 Å². The summed E-state index contributed by atoms with van der Waals surface area (Å²) in [5.41, 5.74) is 1.86. The van der Waals surface area contributed by atoms with Crippen molar-refractivity contribution in [2.45, 2.75) is 45.7 Å². The maximum absolute atomic E-state index is 13.0. The standard InChI is InChI=1S/C23H29BrN2O3/c1-16(22(28)25-5)26(14-17-9-8-10-18(24)13-17)21(27)15-29-20-12-7-6-11-19(20)23(2,3)4/h6-13,16H,14-15H2,1-5H3,(H,25,28)/t16-/m1/s1. The van der Waals surface area contributed by atoms with Crippen molar-refractivity contribution >= 4 is 27.7 Å². The monoisotopic (exact) mass is 460 g/mol. The largest absolute Gasteiger partial charge is 0.483 e. The Morgan fingerprint density at radius 3 is 2.45 bits per heavy atom. The molecule has 2 aromatic carbocycles. The third-order valence-corrected chi connectivity index (χ3v) is 5.20. The van der Waals surface area contributed by atoms with E-state index in [0.29, 0.717) is 12.3 Å². The highest BCUT2D eigenvalue weighted by molar-refractivity contribution is 9.10. The van der Waals surface area contributed by atoms with Crippen LogP contribution in [0.2, 0.25) is 0 Å². The molecule has 6 heteroatoms. The first-order chi connectivity index (χ1) is 13.6. The van der Waals surface area contributed by atoms with Gasteiger partial charge in [-0.05, 0) is 41.7 Å². The van der Waals surface area contributed by atoms with Crippen LogP contribution in [0, 0.1) is 0 Å². The number of carbonyl (C=O) groups excluding carboxylic acids is 2. The number of amides is 2. The Morgan fingerprint density at radius 1 is 1.14 bits per heavy atom. The topological polar surface area (TPSA) is 58.6 Å². The molecule has 0 bridgehead atoms. The number of benzene rings is 2. The van der Waals surface area contributed by atoms with Gasteiger partial charge in [0.05, 0.1) is 0 Å². The molecular formula is C23H29BrN2O3. The third kappa shape index (κ3) is 6.32. The molecule has 0 saturated heterocycles. The van der Waals surface area contributed by atoms with Gasteiger partial charge in [0.25, 0.3) is 5.91 Å².